The molecule has 1 atom stereocenters. The van der Waals surface area contributed by atoms with Gasteiger partial charge >= 0.3 is 0 Å². The van der Waals surface area contributed by atoms with Crippen LogP contribution in [0.25, 0.3) is 0 Å². The SMILES string of the molecule is CCCC(Cl)Cc1ncc(Br)cn1. The van der Waals surface area contributed by atoms with Crippen molar-refractivity contribution >= 4 is 27.5 Å². The second-order valence-corrected chi connectivity index (χ2v) is 4.44. The first-order chi connectivity index (χ1) is 6.22. The summed E-state index contributed by atoms with van der Waals surface area (Å²) in [6.07, 6.45) is 6.37. The number of nitrogens with zero attached hydrogens (tertiary/aromatic N) is 2. The van der Waals surface area contributed by atoms with Crippen molar-refractivity contribution in [3.63, 3.8) is 0 Å². The highest BCUT2D eigenvalue weighted by molar-refractivity contribution is 9.10. The maximum Gasteiger partial charge on any atom is 0.129 e. The first-order valence-corrected chi connectivity index (χ1v) is 5.55. The number of hydrogen-bond donors (Lipinski definition) is 0. The molecule has 1 rings (SSSR count). The van der Waals surface area contributed by atoms with Gasteiger partial charge in [-0.1, -0.05) is 13.3 Å². The molecule has 4 heteroatoms. The molecule has 0 saturated carbocycles. The predicted octanol–water partition coefficient (Wildman–Crippen LogP) is 3.19. The van der Waals surface area contributed by atoms with Gasteiger partial charge in [0, 0.05) is 24.2 Å². The van der Waals surface area contributed by atoms with Crippen LogP contribution in [0.1, 0.15) is 25.6 Å². The molecule has 0 aliphatic carbocycles. The minimum Gasteiger partial charge on any atom is -0.240 e. The van der Waals surface area contributed by atoms with E-state index in [0.29, 0.717) is 0 Å². The van der Waals surface area contributed by atoms with Crippen molar-refractivity contribution in [2.24, 2.45) is 0 Å². The third-order valence-corrected chi connectivity index (χ3v) is 2.46. The minimum atomic E-state index is 0.158. The molecule has 0 spiro atoms. The summed E-state index contributed by atoms with van der Waals surface area (Å²) in [6.45, 7) is 2.12. The Kier molecular flexibility index (Phi) is 4.67. The highest BCUT2D eigenvalue weighted by atomic mass is 79.9. The zero-order valence-corrected chi connectivity index (χ0v) is 9.85. The summed E-state index contributed by atoms with van der Waals surface area (Å²) in [4.78, 5) is 8.32. The third-order valence-electron chi connectivity index (χ3n) is 1.68. The van der Waals surface area contributed by atoms with Crippen LogP contribution in [0, 0.1) is 0 Å². The highest BCUT2D eigenvalue weighted by Crippen LogP contribution is 2.11. The van der Waals surface area contributed by atoms with Gasteiger partial charge in [-0.25, -0.2) is 9.97 Å². The lowest BCUT2D eigenvalue weighted by molar-refractivity contribution is 0.701. The van der Waals surface area contributed by atoms with E-state index in [0.717, 1.165) is 29.6 Å². The molecule has 0 bridgehead atoms. The third kappa shape index (κ3) is 4.05. The first kappa shape index (κ1) is 10.9. The van der Waals surface area contributed by atoms with Crippen LogP contribution < -0.4 is 0 Å². The Morgan fingerprint density at radius 1 is 1.46 bits per heavy atom. The van der Waals surface area contributed by atoms with Crippen LogP contribution in [-0.2, 0) is 6.42 Å². The second kappa shape index (κ2) is 5.55. The molecule has 0 saturated heterocycles. The molecule has 0 radical (unpaired) electrons. The Morgan fingerprint density at radius 2 is 2.08 bits per heavy atom. The fourth-order valence-electron chi connectivity index (χ4n) is 1.06. The van der Waals surface area contributed by atoms with Gasteiger partial charge in [0.2, 0.25) is 0 Å². The van der Waals surface area contributed by atoms with Crippen molar-refractivity contribution in [1.82, 2.24) is 9.97 Å². The topological polar surface area (TPSA) is 25.8 Å². The predicted molar refractivity (Wildman–Crippen MR) is 58.0 cm³/mol. The van der Waals surface area contributed by atoms with Gasteiger partial charge in [-0.3, -0.25) is 0 Å². The molecule has 0 aliphatic heterocycles. The van der Waals surface area contributed by atoms with E-state index in [-0.39, 0.29) is 5.38 Å². The van der Waals surface area contributed by atoms with Crippen LogP contribution in [0.15, 0.2) is 16.9 Å². The van der Waals surface area contributed by atoms with Crippen molar-refractivity contribution in [3.8, 4) is 0 Å². The molecule has 1 heterocycles. The van der Waals surface area contributed by atoms with E-state index >= 15 is 0 Å². The van der Waals surface area contributed by atoms with Gasteiger partial charge in [0.1, 0.15) is 5.82 Å². The van der Waals surface area contributed by atoms with E-state index in [2.05, 4.69) is 32.8 Å². The van der Waals surface area contributed by atoms with Crippen LogP contribution in [0.3, 0.4) is 0 Å². The van der Waals surface area contributed by atoms with E-state index < -0.39 is 0 Å². The largest absolute Gasteiger partial charge is 0.240 e. The number of aromatic nitrogens is 2. The molecule has 0 aromatic carbocycles. The molecule has 2 nitrogen and oxygen atoms in total. The molecular weight excluding hydrogens is 251 g/mol. The van der Waals surface area contributed by atoms with Crippen LogP contribution in [-0.4, -0.2) is 15.3 Å². The summed E-state index contributed by atoms with van der Waals surface area (Å²) in [5.41, 5.74) is 0. The summed E-state index contributed by atoms with van der Waals surface area (Å²) in [7, 11) is 0. The van der Waals surface area contributed by atoms with Gasteiger partial charge < -0.3 is 0 Å². The smallest absolute Gasteiger partial charge is 0.129 e. The van der Waals surface area contributed by atoms with Gasteiger partial charge in [0.25, 0.3) is 0 Å². The Labute approximate surface area is 91.9 Å². The molecule has 0 fully saturated rings. The maximum atomic E-state index is 6.06. The highest BCUT2D eigenvalue weighted by Gasteiger charge is 2.06. The Balaban J connectivity index is 2.49. The summed E-state index contributed by atoms with van der Waals surface area (Å²) >= 11 is 9.35. The number of hydrogen-bond acceptors (Lipinski definition) is 2. The molecule has 1 aromatic rings. The van der Waals surface area contributed by atoms with Gasteiger partial charge in [-0.2, -0.15) is 0 Å². The quantitative estimate of drug-likeness (QED) is 0.780. The molecular formula is C9H12BrClN2. The van der Waals surface area contributed by atoms with Gasteiger partial charge in [0.05, 0.1) is 4.47 Å². The van der Waals surface area contributed by atoms with E-state index in [4.69, 9.17) is 11.6 Å². The lowest BCUT2D eigenvalue weighted by Crippen LogP contribution is -2.06. The summed E-state index contributed by atoms with van der Waals surface area (Å²) in [6, 6.07) is 0. The standard InChI is InChI=1S/C9H12BrClN2/c1-2-3-8(11)4-9-12-5-7(10)6-13-9/h5-6,8H,2-4H2,1H3. The monoisotopic (exact) mass is 262 g/mol. The lowest BCUT2D eigenvalue weighted by Gasteiger charge is -2.05. The average molecular weight is 264 g/mol. The van der Waals surface area contributed by atoms with Gasteiger partial charge in [-0.15, -0.1) is 11.6 Å². The molecule has 0 N–H and O–H groups in total. The Bertz CT molecular complexity index is 250. The average Bonchev–Trinajstić information content (AvgIpc) is 2.09. The van der Waals surface area contributed by atoms with Crippen molar-refractivity contribution < 1.29 is 0 Å². The fraction of sp³-hybridized carbons (Fsp3) is 0.556. The van der Waals surface area contributed by atoms with Crippen LogP contribution in [0.5, 0.6) is 0 Å². The Hall–Kier alpha value is -0.150. The van der Waals surface area contributed by atoms with Crippen LogP contribution in [0.2, 0.25) is 0 Å². The van der Waals surface area contributed by atoms with E-state index in [1.54, 1.807) is 12.4 Å². The zero-order chi connectivity index (χ0) is 9.68. The molecule has 1 aromatic heterocycles. The molecule has 0 aliphatic rings. The van der Waals surface area contributed by atoms with E-state index in [1.807, 2.05) is 0 Å². The molecule has 72 valence electrons. The zero-order valence-electron chi connectivity index (χ0n) is 7.50. The lowest BCUT2D eigenvalue weighted by atomic mass is 10.2. The summed E-state index contributed by atoms with van der Waals surface area (Å²) in [5, 5.41) is 0.158. The fourth-order valence-corrected chi connectivity index (χ4v) is 1.62. The van der Waals surface area contributed by atoms with Crippen molar-refractivity contribution in [1.29, 1.82) is 0 Å². The minimum absolute atomic E-state index is 0.158. The molecule has 0 amide bonds. The van der Waals surface area contributed by atoms with E-state index in [1.165, 1.54) is 0 Å². The van der Waals surface area contributed by atoms with Crippen molar-refractivity contribution in [2.45, 2.75) is 31.6 Å². The van der Waals surface area contributed by atoms with Gasteiger partial charge in [-0.05, 0) is 22.4 Å². The number of alkyl halides is 1. The van der Waals surface area contributed by atoms with E-state index in [9.17, 15) is 0 Å². The van der Waals surface area contributed by atoms with Crippen LogP contribution >= 0.6 is 27.5 Å². The van der Waals surface area contributed by atoms with Gasteiger partial charge in [0.15, 0.2) is 0 Å². The summed E-state index contributed by atoms with van der Waals surface area (Å²) < 4.78 is 0.901. The van der Waals surface area contributed by atoms with Crippen molar-refractivity contribution in [3.05, 3.63) is 22.7 Å². The molecule has 1 unspecified atom stereocenters. The van der Waals surface area contributed by atoms with Crippen molar-refractivity contribution in [2.75, 3.05) is 0 Å². The van der Waals surface area contributed by atoms with Crippen LogP contribution in [0.4, 0.5) is 0 Å². The first-order valence-electron chi connectivity index (χ1n) is 4.33. The number of halogens is 2. The maximum absolute atomic E-state index is 6.06. The normalized spacial score (nSPS) is 12.8. The molecule has 13 heavy (non-hydrogen) atoms. The summed E-state index contributed by atoms with van der Waals surface area (Å²) in [5.74, 6) is 0.816. The number of rotatable bonds is 4. The Morgan fingerprint density at radius 3 is 2.62 bits per heavy atom. The second-order valence-electron chi connectivity index (χ2n) is 2.91.